The van der Waals surface area contributed by atoms with Crippen molar-refractivity contribution in [3.8, 4) is 0 Å². The van der Waals surface area contributed by atoms with Crippen LogP contribution in [-0.4, -0.2) is 36.8 Å². The Morgan fingerprint density at radius 1 is 1.45 bits per heavy atom. The minimum Gasteiger partial charge on any atom is -0.326 e. The zero-order valence-electron chi connectivity index (χ0n) is 10.2. The van der Waals surface area contributed by atoms with Crippen molar-refractivity contribution in [2.75, 3.05) is 13.1 Å². The van der Waals surface area contributed by atoms with Gasteiger partial charge in [0.15, 0.2) is 0 Å². The number of rotatable bonds is 3. The third-order valence-electron chi connectivity index (χ3n) is 2.93. The number of halogens is 2. The Balaban J connectivity index is 0.00000200. The van der Waals surface area contributed by atoms with Crippen molar-refractivity contribution in [3.63, 3.8) is 0 Å². The van der Waals surface area contributed by atoms with Crippen LogP contribution in [0.4, 0.5) is 5.69 Å². The largest absolute Gasteiger partial charge is 0.326 e. The number of nitro benzene ring substituents is 1. The second-order valence-corrected chi connectivity index (χ2v) is 6.60. The number of benzene rings is 1. The summed E-state index contributed by atoms with van der Waals surface area (Å²) in [6, 6.07) is 3.12. The Kier molecular flexibility index (Phi) is 5.33. The highest BCUT2D eigenvalue weighted by atomic mass is 35.5. The molecule has 0 aromatic heterocycles. The molecule has 1 aliphatic rings. The van der Waals surface area contributed by atoms with Crippen molar-refractivity contribution in [1.82, 2.24) is 4.31 Å². The molecule has 10 heteroatoms. The summed E-state index contributed by atoms with van der Waals surface area (Å²) in [5.74, 6) is 0. The number of hydrogen-bond donors (Lipinski definition) is 1. The van der Waals surface area contributed by atoms with Crippen LogP contribution in [-0.2, 0) is 10.0 Å². The van der Waals surface area contributed by atoms with Crippen molar-refractivity contribution in [2.45, 2.75) is 17.4 Å². The first-order valence-corrected chi connectivity index (χ1v) is 7.34. The van der Waals surface area contributed by atoms with E-state index in [2.05, 4.69) is 0 Å². The number of nitrogens with two attached hydrogens (primary N) is 1. The lowest BCUT2D eigenvalue weighted by atomic mass is 10.3. The van der Waals surface area contributed by atoms with E-state index in [4.69, 9.17) is 17.3 Å². The zero-order valence-corrected chi connectivity index (χ0v) is 12.6. The van der Waals surface area contributed by atoms with E-state index in [9.17, 15) is 18.5 Å². The fourth-order valence-electron chi connectivity index (χ4n) is 1.92. The maximum absolute atomic E-state index is 12.3. The van der Waals surface area contributed by atoms with Crippen LogP contribution < -0.4 is 5.73 Å². The molecule has 0 amide bonds. The van der Waals surface area contributed by atoms with Crippen molar-refractivity contribution in [3.05, 3.63) is 33.3 Å². The van der Waals surface area contributed by atoms with Crippen LogP contribution in [0.25, 0.3) is 0 Å². The third kappa shape index (κ3) is 3.21. The third-order valence-corrected chi connectivity index (χ3v) is 5.28. The molecule has 2 N–H and O–H groups in total. The summed E-state index contributed by atoms with van der Waals surface area (Å²) < 4.78 is 25.8. The molecule has 20 heavy (non-hydrogen) atoms. The van der Waals surface area contributed by atoms with Crippen molar-refractivity contribution in [2.24, 2.45) is 5.73 Å². The van der Waals surface area contributed by atoms with Gasteiger partial charge in [0.05, 0.1) is 9.95 Å². The summed E-state index contributed by atoms with van der Waals surface area (Å²) in [6.07, 6.45) is 0.587. The summed E-state index contributed by atoms with van der Waals surface area (Å²) in [7, 11) is -3.75. The average molecular weight is 342 g/mol. The Morgan fingerprint density at radius 3 is 2.55 bits per heavy atom. The van der Waals surface area contributed by atoms with Gasteiger partial charge in [-0.2, -0.15) is 4.31 Å². The molecule has 1 aromatic rings. The lowest BCUT2D eigenvalue weighted by Crippen LogP contribution is -2.32. The van der Waals surface area contributed by atoms with Gasteiger partial charge in [-0.05, 0) is 12.5 Å². The van der Waals surface area contributed by atoms with Crippen LogP contribution in [0.1, 0.15) is 6.42 Å². The maximum Gasteiger partial charge on any atom is 0.271 e. The molecule has 0 bridgehead atoms. The number of hydrogen-bond acceptors (Lipinski definition) is 5. The fraction of sp³-hybridized carbons (Fsp3) is 0.400. The first-order chi connectivity index (χ1) is 8.82. The number of nitrogens with zero attached hydrogens (tertiary/aromatic N) is 2. The molecule has 112 valence electrons. The number of non-ortho nitro benzene ring substituents is 1. The molecule has 1 aliphatic heterocycles. The quantitative estimate of drug-likeness (QED) is 0.660. The molecule has 0 spiro atoms. The van der Waals surface area contributed by atoms with E-state index in [1.54, 1.807) is 0 Å². The van der Waals surface area contributed by atoms with Crippen LogP contribution in [0.2, 0.25) is 5.02 Å². The molecule has 1 aromatic carbocycles. The van der Waals surface area contributed by atoms with Gasteiger partial charge >= 0.3 is 0 Å². The van der Waals surface area contributed by atoms with Crippen LogP contribution in [0.3, 0.4) is 0 Å². The van der Waals surface area contributed by atoms with Crippen molar-refractivity contribution >= 4 is 39.7 Å². The lowest BCUT2D eigenvalue weighted by molar-refractivity contribution is -0.384. The maximum atomic E-state index is 12.3. The molecule has 1 atom stereocenters. The van der Waals surface area contributed by atoms with E-state index in [1.165, 1.54) is 4.31 Å². The van der Waals surface area contributed by atoms with E-state index in [-0.39, 0.29) is 40.6 Å². The van der Waals surface area contributed by atoms with Gasteiger partial charge in [-0.15, -0.1) is 12.4 Å². The average Bonchev–Trinajstić information content (AvgIpc) is 2.76. The van der Waals surface area contributed by atoms with Crippen LogP contribution in [0.5, 0.6) is 0 Å². The van der Waals surface area contributed by atoms with Crippen molar-refractivity contribution < 1.29 is 13.3 Å². The standard InChI is InChI=1S/C10H12ClN3O4S.ClH/c11-9-5-8(14(15)16)1-2-10(9)19(17,18)13-4-3-7(12)6-13;/h1-2,5,7H,3-4,6,12H2;1H/t7-;/m0./s1. The minimum atomic E-state index is -3.75. The molecule has 1 saturated heterocycles. The fourth-order valence-corrected chi connectivity index (χ4v) is 3.95. The van der Waals surface area contributed by atoms with Crippen LogP contribution >= 0.6 is 24.0 Å². The van der Waals surface area contributed by atoms with Gasteiger partial charge in [0.25, 0.3) is 5.69 Å². The van der Waals surface area contributed by atoms with Crippen molar-refractivity contribution in [1.29, 1.82) is 0 Å². The highest BCUT2D eigenvalue weighted by Gasteiger charge is 2.32. The van der Waals surface area contributed by atoms with E-state index in [0.717, 1.165) is 18.2 Å². The lowest BCUT2D eigenvalue weighted by Gasteiger charge is -2.16. The van der Waals surface area contributed by atoms with Gasteiger partial charge in [0, 0.05) is 31.3 Å². The first kappa shape index (κ1) is 17.1. The molecule has 0 radical (unpaired) electrons. The SMILES string of the molecule is Cl.N[C@H]1CCN(S(=O)(=O)c2ccc([N+](=O)[O-])cc2Cl)C1. The summed E-state index contributed by atoms with van der Waals surface area (Å²) in [5, 5.41) is 10.4. The second kappa shape index (κ2) is 6.23. The summed E-state index contributed by atoms with van der Waals surface area (Å²) in [5.41, 5.74) is 5.43. The van der Waals surface area contributed by atoms with Gasteiger partial charge < -0.3 is 5.73 Å². The first-order valence-electron chi connectivity index (χ1n) is 5.52. The van der Waals surface area contributed by atoms with E-state index in [0.29, 0.717) is 13.0 Å². The summed E-state index contributed by atoms with van der Waals surface area (Å²) >= 11 is 5.83. The number of nitro groups is 1. The topological polar surface area (TPSA) is 107 Å². The molecule has 1 heterocycles. The zero-order chi connectivity index (χ0) is 14.2. The monoisotopic (exact) mass is 341 g/mol. The summed E-state index contributed by atoms with van der Waals surface area (Å²) in [6.45, 7) is 0.562. The predicted molar refractivity (Wildman–Crippen MR) is 76.7 cm³/mol. The van der Waals surface area contributed by atoms with Crippen LogP contribution in [0, 0.1) is 10.1 Å². The molecule has 0 unspecified atom stereocenters. The van der Waals surface area contributed by atoms with Gasteiger partial charge in [-0.3, -0.25) is 10.1 Å². The Bertz CT molecular complexity index is 623. The molecule has 7 nitrogen and oxygen atoms in total. The Labute approximate surface area is 127 Å². The molecular weight excluding hydrogens is 329 g/mol. The molecule has 1 fully saturated rings. The minimum absolute atomic E-state index is 0. The van der Waals surface area contributed by atoms with Gasteiger partial charge in [0.1, 0.15) is 4.90 Å². The normalized spacial score (nSPS) is 19.6. The second-order valence-electron chi connectivity index (χ2n) is 4.28. The van der Waals surface area contributed by atoms with Gasteiger partial charge in [-0.25, -0.2) is 8.42 Å². The van der Waals surface area contributed by atoms with E-state index in [1.807, 2.05) is 0 Å². The number of sulfonamides is 1. The molecular formula is C10H13Cl2N3O4S. The molecule has 2 rings (SSSR count). The molecule has 0 aliphatic carbocycles. The van der Waals surface area contributed by atoms with E-state index < -0.39 is 14.9 Å². The smallest absolute Gasteiger partial charge is 0.271 e. The predicted octanol–water partition coefficient (Wildman–Crippen LogP) is 1.39. The van der Waals surface area contributed by atoms with Gasteiger partial charge in [-0.1, -0.05) is 11.6 Å². The highest BCUT2D eigenvalue weighted by molar-refractivity contribution is 7.89. The summed E-state index contributed by atoms with van der Waals surface area (Å²) in [4.78, 5) is 9.82. The molecule has 0 saturated carbocycles. The Hall–Kier alpha value is -0.930. The van der Waals surface area contributed by atoms with Gasteiger partial charge in [0.2, 0.25) is 10.0 Å². The van der Waals surface area contributed by atoms with Crippen LogP contribution in [0.15, 0.2) is 23.1 Å². The Morgan fingerprint density at radius 2 is 2.10 bits per heavy atom. The highest BCUT2D eigenvalue weighted by Crippen LogP contribution is 2.29. The van der Waals surface area contributed by atoms with E-state index >= 15 is 0 Å².